The Morgan fingerprint density at radius 2 is 1.74 bits per heavy atom. The van der Waals surface area contributed by atoms with Crippen LogP contribution >= 0.6 is 0 Å². The predicted octanol–water partition coefficient (Wildman–Crippen LogP) is 2.75. The number of esters is 1. The lowest BCUT2D eigenvalue weighted by molar-refractivity contribution is -0.150. The minimum absolute atomic E-state index is 0.173. The van der Waals surface area contributed by atoms with Crippen molar-refractivity contribution in [3.05, 3.63) is 42.2 Å². The van der Waals surface area contributed by atoms with E-state index in [1.165, 1.54) is 12.4 Å². The van der Waals surface area contributed by atoms with Crippen molar-refractivity contribution in [1.82, 2.24) is 9.97 Å². The fraction of sp³-hybridized carbons (Fsp3) is 0.312. The minimum atomic E-state index is -2.80. The molecule has 1 aromatic heterocycles. The Kier molecular flexibility index (Phi) is 5.56. The monoisotopic (exact) mass is 322 g/mol. The van der Waals surface area contributed by atoms with E-state index in [4.69, 9.17) is 4.74 Å². The summed E-state index contributed by atoms with van der Waals surface area (Å²) in [5.74, 6) is -1.29. The van der Waals surface area contributed by atoms with Crippen LogP contribution in [0.25, 0.3) is 11.4 Å². The van der Waals surface area contributed by atoms with E-state index >= 15 is 0 Å². The largest absolute Gasteiger partial charge is 0.497 e. The Balaban J connectivity index is 2.13. The van der Waals surface area contributed by atoms with E-state index in [1.54, 1.807) is 31.4 Å². The van der Waals surface area contributed by atoms with Gasteiger partial charge < -0.3 is 9.47 Å². The molecule has 2 rings (SSSR count). The first-order valence-corrected chi connectivity index (χ1v) is 6.86. The Hall–Kier alpha value is -2.57. The topological polar surface area (TPSA) is 61.3 Å². The van der Waals surface area contributed by atoms with E-state index in [0.29, 0.717) is 17.1 Å². The van der Waals surface area contributed by atoms with Crippen molar-refractivity contribution in [2.75, 3.05) is 14.2 Å². The molecule has 0 aliphatic heterocycles. The number of halogens is 2. The highest BCUT2D eigenvalue weighted by molar-refractivity contribution is 5.73. The normalized spacial score (nSPS) is 12.0. The van der Waals surface area contributed by atoms with Gasteiger partial charge in [-0.25, -0.2) is 18.7 Å². The van der Waals surface area contributed by atoms with Gasteiger partial charge in [-0.15, -0.1) is 0 Å². The lowest BCUT2D eigenvalue weighted by Gasteiger charge is -2.13. The number of benzene rings is 1. The maximum Gasteiger partial charge on any atom is 0.314 e. The molecular formula is C16H16F2N2O3. The summed E-state index contributed by atoms with van der Waals surface area (Å²) in [6.45, 7) is 0. The highest BCUT2D eigenvalue weighted by atomic mass is 19.3. The quantitative estimate of drug-likeness (QED) is 0.765. The fourth-order valence-electron chi connectivity index (χ4n) is 2.03. The molecule has 0 amide bonds. The van der Waals surface area contributed by atoms with Gasteiger partial charge in [0.1, 0.15) is 11.7 Å². The summed E-state index contributed by atoms with van der Waals surface area (Å²) in [4.78, 5) is 19.7. The number of carbonyl (C=O) groups excluding carboxylic acids is 1. The van der Waals surface area contributed by atoms with Crippen LogP contribution in [0.5, 0.6) is 5.75 Å². The predicted molar refractivity (Wildman–Crippen MR) is 79.2 cm³/mol. The summed E-state index contributed by atoms with van der Waals surface area (Å²) in [6, 6.07) is 7.14. The van der Waals surface area contributed by atoms with Crippen molar-refractivity contribution in [2.24, 2.45) is 5.92 Å². The van der Waals surface area contributed by atoms with Gasteiger partial charge in [0.2, 0.25) is 0 Å². The first kappa shape index (κ1) is 16.8. The zero-order chi connectivity index (χ0) is 16.8. The van der Waals surface area contributed by atoms with Gasteiger partial charge in [0, 0.05) is 18.0 Å². The summed E-state index contributed by atoms with van der Waals surface area (Å²) in [6.07, 6.45) is -0.105. The van der Waals surface area contributed by atoms with Crippen molar-refractivity contribution < 1.29 is 23.0 Å². The molecule has 0 saturated carbocycles. The molecule has 122 valence electrons. The number of ether oxygens (including phenoxy) is 2. The Bertz CT molecular complexity index is 645. The number of rotatable bonds is 6. The van der Waals surface area contributed by atoms with E-state index in [9.17, 15) is 13.6 Å². The van der Waals surface area contributed by atoms with Gasteiger partial charge in [-0.1, -0.05) is 0 Å². The summed E-state index contributed by atoms with van der Waals surface area (Å²) in [7, 11) is 2.65. The number of nitrogens with zero attached hydrogens (tertiary/aromatic N) is 2. The average molecular weight is 322 g/mol. The number of methoxy groups -OCH3 is 2. The van der Waals surface area contributed by atoms with E-state index in [-0.39, 0.29) is 6.42 Å². The molecule has 2 aromatic rings. The summed E-state index contributed by atoms with van der Waals surface area (Å²) >= 11 is 0. The van der Waals surface area contributed by atoms with Gasteiger partial charge in [-0.2, -0.15) is 0 Å². The van der Waals surface area contributed by atoms with Crippen LogP contribution in [0.1, 0.15) is 5.56 Å². The zero-order valence-corrected chi connectivity index (χ0v) is 12.7. The third-order valence-corrected chi connectivity index (χ3v) is 3.32. The van der Waals surface area contributed by atoms with Crippen LogP contribution in [0.2, 0.25) is 0 Å². The van der Waals surface area contributed by atoms with Crippen molar-refractivity contribution in [3.8, 4) is 17.1 Å². The summed E-state index contributed by atoms with van der Waals surface area (Å²) in [5, 5.41) is 0. The second-order valence-corrected chi connectivity index (χ2v) is 4.81. The number of alkyl halides is 2. The maximum atomic E-state index is 12.9. The van der Waals surface area contributed by atoms with E-state index in [2.05, 4.69) is 14.7 Å². The van der Waals surface area contributed by atoms with E-state index in [0.717, 1.165) is 12.7 Å². The van der Waals surface area contributed by atoms with Crippen LogP contribution in [0.15, 0.2) is 36.7 Å². The van der Waals surface area contributed by atoms with Gasteiger partial charge >= 0.3 is 5.97 Å². The molecule has 1 atom stereocenters. The molecule has 0 aliphatic rings. The minimum Gasteiger partial charge on any atom is -0.497 e. The molecular weight excluding hydrogens is 306 g/mol. The number of carbonyl (C=O) groups is 1. The van der Waals surface area contributed by atoms with Crippen molar-refractivity contribution in [2.45, 2.75) is 12.8 Å². The molecule has 23 heavy (non-hydrogen) atoms. The smallest absolute Gasteiger partial charge is 0.314 e. The third-order valence-electron chi connectivity index (χ3n) is 3.32. The second-order valence-electron chi connectivity index (χ2n) is 4.81. The molecule has 0 aliphatic carbocycles. The van der Waals surface area contributed by atoms with E-state index in [1.807, 2.05) is 0 Å². The van der Waals surface area contributed by atoms with Crippen LogP contribution in [-0.4, -0.2) is 36.6 Å². The summed E-state index contributed by atoms with van der Waals surface area (Å²) < 4.78 is 35.2. The standard InChI is InChI=1S/C16H16F2N2O3/c1-22-12-5-3-11(4-6-12)15-19-8-10(9-20-15)7-13(14(17)18)16(21)23-2/h3-6,8-9,13-14H,7H2,1-2H3. The maximum absolute atomic E-state index is 12.9. The van der Waals surface area contributed by atoms with Crippen molar-refractivity contribution in [1.29, 1.82) is 0 Å². The molecule has 1 aromatic carbocycles. The van der Waals surface area contributed by atoms with Gasteiger partial charge in [0.15, 0.2) is 5.82 Å². The molecule has 0 spiro atoms. The van der Waals surface area contributed by atoms with Crippen molar-refractivity contribution >= 4 is 5.97 Å². The molecule has 0 N–H and O–H groups in total. The first-order valence-electron chi connectivity index (χ1n) is 6.86. The van der Waals surface area contributed by atoms with Crippen LogP contribution in [0.3, 0.4) is 0 Å². The highest BCUT2D eigenvalue weighted by Crippen LogP contribution is 2.21. The van der Waals surface area contributed by atoms with Gasteiger partial charge in [-0.05, 0) is 36.2 Å². The molecule has 0 bridgehead atoms. The second kappa shape index (κ2) is 7.62. The van der Waals surface area contributed by atoms with Gasteiger partial charge in [0.05, 0.1) is 14.2 Å². The lowest BCUT2D eigenvalue weighted by atomic mass is 10.0. The molecule has 7 heteroatoms. The Morgan fingerprint density at radius 1 is 1.13 bits per heavy atom. The molecule has 0 saturated heterocycles. The van der Waals surface area contributed by atoms with Gasteiger partial charge in [0.25, 0.3) is 6.43 Å². The molecule has 1 heterocycles. The van der Waals surface area contributed by atoms with Gasteiger partial charge in [-0.3, -0.25) is 4.79 Å². The van der Waals surface area contributed by atoms with Crippen LogP contribution in [-0.2, 0) is 16.0 Å². The fourth-order valence-corrected chi connectivity index (χ4v) is 2.03. The SMILES string of the molecule is COC(=O)C(Cc1cnc(-c2ccc(OC)cc2)nc1)C(F)F. The first-order chi connectivity index (χ1) is 11.0. The van der Waals surface area contributed by atoms with Crippen molar-refractivity contribution in [3.63, 3.8) is 0 Å². The van der Waals surface area contributed by atoms with Crippen LogP contribution in [0.4, 0.5) is 8.78 Å². The number of aromatic nitrogens is 2. The summed E-state index contributed by atoms with van der Waals surface area (Å²) in [5.41, 5.74) is 1.22. The van der Waals surface area contributed by atoms with E-state index < -0.39 is 18.3 Å². The molecule has 0 radical (unpaired) electrons. The number of hydrogen-bond acceptors (Lipinski definition) is 5. The molecule has 1 unspecified atom stereocenters. The lowest BCUT2D eigenvalue weighted by Crippen LogP contribution is -2.25. The zero-order valence-electron chi connectivity index (χ0n) is 12.7. The average Bonchev–Trinajstić information content (AvgIpc) is 2.59. The van der Waals surface area contributed by atoms with Crippen LogP contribution in [0, 0.1) is 5.92 Å². The highest BCUT2D eigenvalue weighted by Gasteiger charge is 2.29. The molecule has 5 nitrogen and oxygen atoms in total. The Morgan fingerprint density at radius 3 is 2.22 bits per heavy atom. The Labute approximate surface area is 132 Å². The third kappa shape index (κ3) is 4.21. The van der Waals surface area contributed by atoms with Crippen LogP contribution < -0.4 is 4.74 Å². The molecule has 0 fully saturated rings. The number of hydrogen-bond donors (Lipinski definition) is 0.